The molecule has 0 saturated heterocycles. The highest BCUT2D eigenvalue weighted by molar-refractivity contribution is 5.60. The molecule has 1 N–H and O–H groups in total. The van der Waals surface area contributed by atoms with Gasteiger partial charge < -0.3 is 14.8 Å². The Labute approximate surface area is 102 Å². The molecule has 1 unspecified atom stereocenters. The first-order valence-electron chi connectivity index (χ1n) is 5.50. The number of rotatable bonds is 5. The lowest BCUT2D eigenvalue weighted by atomic mass is 10.1. The summed E-state index contributed by atoms with van der Waals surface area (Å²) in [6.45, 7) is 3.99. The molecule has 1 rings (SSSR count). The van der Waals surface area contributed by atoms with Crippen molar-refractivity contribution >= 4 is 5.69 Å². The summed E-state index contributed by atoms with van der Waals surface area (Å²) in [7, 11) is 3.20. The lowest BCUT2D eigenvalue weighted by Crippen LogP contribution is -2.23. The van der Waals surface area contributed by atoms with Gasteiger partial charge in [0, 0.05) is 6.07 Å². The van der Waals surface area contributed by atoms with E-state index in [1.807, 2.05) is 26.0 Å². The summed E-state index contributed by atoms with van der Waals surface area (Å²) in [6.07, 6.45) is 0. The summed E-state index contributed by atoms with van der Waals surface area (Å²) in [5, 5.41) is 12.2. The van der Waals surface area contributed by atoms with E-state index in [1.165, 1.54) is 0 Å². The quantitative estimate of drug-likeness (QED) is 0.851. The largest absolute Gasteiger partial charge is 0.497 e. The molecule has 0 amide bonds. The van der Waals surface area contributed by atoms with Crippen molar-refractivity contribution in [3.05, 3.63) is 18.2 Å². The first kappa shape index (κ1) is 13.2. The zero-order valence-corrected chi connectivity index (χ0v) is 10.7. The van der Waals surface area contributed by atoms with Gasteiger partial charge in [0.2, 0.25) is 0 Å². The second-order valence-electron chi connectivity index (χ2n) is 4.06. The van der Waals surface area contributed by atoms with Crippen LogP contribution < -0.4 is 14.8 Å². The summed E-state index contributed by atoms with van der Waals surface area (Å²) >= 11 is 0. The average Bonchev–Trinajstić information content (AvgIpc) is 2.35. The van der Waals surface area contributed by atoms with Gasteiger partial charge in [-0.25, -0.2) is 0 Å². The molecule has 92 valence electrons. The number of nitrogens with one attached hydrogen (secondary N) is 1. The SMILES string of the molecule is COc1ccc(NC(C#N)C(C)C)c(OC)c1. The van der Waals surface area contributed by atoms with Gasteiger partial charge >= 0.3 is 0 Å². The molecule has 0 aliphatic heterocycles. The summed E-state index contributed by atoms with van der Waals surface area (Å²) in [5.41, 5.74) is 0.800. The molecule has 0 heterocycles. The molecule has 1 aromatic carbocycles. The van der Waals surface area contributed by atoms with Crippen molar-refractivity contribution in [2.24, 2.45) is 5.92 Å². The molecule has 0 spiro atoms. The molecule has 0 aromatic heterocycles. The highest BCUT2D eigenvalue weighted by atomic mass is 16.5. The Balaban J connectivity index is 2.94. The van der Waals surface area contributed by atoms with E-state index in [2.05, 4.69) is 11.4 Å². The highest BCUT2D eigenvalue weighted by Crippen LogP contribution is 2.30. The number of benzene rings is 1. The van der Waals surface area contributed by atoms with Gasteiger partial charge in [-0.05, 0) is 18.1 Å². The maximum atomic E-state index is 9.04. The van der Waals surface area contributed by atoms with Crippen LogP contribution in [-0.2, 0) is 0 Å². The van der Waals surface area contributed by atoms with E-state index < -0.39 is 0 Å². The topological polar surface area (TPSA) is 54.3 Å². The van der Waals surface area contributed by atoms with Crippen LogP contribution in [0.4, 0.5) is 5.69 Å². The van der Waals surface area contributed by atoms with Crippen LogP contribution in [0.2, 0.25) is 0 Å². The third-order valence-electron chi connectivity index (χ3n) is 2.53. The van der Waals surface area contributed by atoms with Gasteiger partial charge in [0.1, 0.15) is 17.5 Å². The minimum absolute atomic E-state index is 0.229. The van der Waals surface area contributed by atoms with Gasteiger partial charge in [-0.15, -0.1) is 0 Å². The number of anilines is 1. The van der Waals surface area contributed by atoms with Crippen LogP contribution in [0, 0.1) is 17.2 Å². The molecule has 0 bridgehead atoms. The normalized spacial score (nSPS) is 11.8. The standard InChI is InChI=1S/C13H18N2O2/c1-9(2)12(8-14)15-11-6-5-10(16-3)7-13(11)17-4/h5-7,9,12,15H,1-4H3. The van der Waals surface area contributed by atoms with Crippen LogP contribution in [0.5, 0.6) is 11.5 Å². The van der Waals surface area contributed by atoms with Crippen molar-refractivity contribution < 1.29 is 9.47 Å². The predicted octanol–water partition coefficient (Wildman–Crippen LogP) is 2.66. The second kappa shape index (κ2) is 6.00. The van der Waals surface area contributed by atoms with E-state index in [0.29, 0.717) is 5.75 Å². The molecule has 0 aliphatic carbocycles. The second-order valence-corrected chi connectivity index (χ2v) is 4.06. The Morgan fingerprint density at radius 2 is 1.94 bits per heavy atom. The maximum absolute atomic E-state index is 9.04. The first-order chi connectivity index (χ1) is 8.12. The third kappa shape index (κ3) is 3.28. The van der Waals surface area contributed by atoms with Crippen molar-refractivity contribution in [3.63, 3.8) is 0 Å². The fourth-order valence-corrected chi connectivity index (χ4v) is 1.43. The Morgan fingerprint density at radius 1 is 1.24 bits per heavy atom. The van der Waals surface area contributed by atoms with Crippen LogP contribution in [-0.4, -0.2) is 20.3 Å². The lowest BCUT2D eigenvalue weighted by molar-refractivity contribution is 0.395. The molecule has 1 aromatic rings. The molecule has 4 nitrogen and oxygen atoms in total. The monoisotopic (exact) mass is 234 g/mol. The number of ether oxygens (including phenoxy) is 2. The summed E-state index contributed by atoms with van der Waals surface area (Å²) in [6, 6.07) is 7.47. The van der Waals surface area contributed by atoms with Crippen molar-refractivity contribution in [2.45, 2.75) is 19.9 Å². The van der Waals surface area contributed by atoms with Crippen molar-refractivity contribution in [1.82, 2.24) is 0 Å². The number of methoxy groups -OCH3 is 2. The van der Waals surface area contributed by atoms with E-state index in [4.69, 9.17) is 14.7 Å². The lowest BCUT2D eigenvalue weighted by Gasteiger charge is -2.18. The van der Waals surface area contributed by atoms with Gasteiger partial charge in [-0.3, -0.25) is 0 Å². The number of hydrogen-bond acceptors (Lipinski definition) is 4. The Morgan fingerprint density at radius 3 is 2.41 bits per heavy atom. The van der Waals surface area contributed by atoms with Gasteiger partial charge in [0.25, 0.3) is 0 Å². The van der Waals surface area contributed by atoms with E-state index in [9.17, 15) is 0 Å². The average molecular weight is 234 g/mol. The Kier molecular flexibility index (Phi) is 4.65. The van der Waals surface area contributed by atoms with Gasteiger partial charge in [-0.1, -0.05) is 13.8 Å². The van der Waals surface area contributed by atoms with Crippen molar-refractivity contribution in [1.29, 1.82) is 5.26 Å². The fraction of sp³-hybridized carbons (Fsp3) is 0.462. The van der Waals surface area contributed by atoms with Crippen molar-refractivity contribution in [3.8, 4) is 17.6 Å². The molecule has 0 fully saturated rings. The van der Waals surface area contributed by atoms with Crippen LogP contribution in [0.25, 0.3) is 0 Å². The van der Waals surface area contributed by atoms with E-state index in [0.717, 1.165) is 11.4 Å². The molecule has 0 aliphatic rings. The molecular formula is C13H18N2O2. The Bertz CT molecular complexity index is 410. The van der Waals surface area contributed by atoms with Crippen LogP contribution in [0.1, 0.15) is 13.8 Å². The predicted molar refractivity (Wildman–Crippen MR) is 67.4 cm³/mol. The summed E-state index contributed by atoms with van der Waals surface area (Å²) in [5.74, 6) is 1.63. The third-order valence-corrected chi connectivity index (χ3v) is 2.53. The molecule has 0 saturated carbocycles. The molecule has 0 radical (unpaired) electrons. The summed E-state index contributed by atoms with van der Waals surface area (Å²) in [4.78, 5) is 0. The minimum atomic E-state index is -0.239. The minimum Gasteiger partial charge on any atom is -0.497 e. The van der Waals surface area contributed by atoms with Gasteiger partial charge in [0.15, 0.2) is 0 Å². The first-order valence-corrected chi connectivity index (χ1v) is 5.50. The zero-order valence-electron chi connectivity index (χ0n) is 10.7. The molecule has 1 atom stereocenters. The number of nitrogens with zero attached hydrogens (tertiary/aromatic N) is 1. The number of hydrogen-bond donors (Lipinski definition) is 1. The van der Waals surface area contributed by atoms with E-state index in [1.54, 1.807) is 20.3 Å². The van der Waals surface area contributed by atoms with Crippen LogP contribution >= 0.6 is 0 Å². The zero-order chi connectivity index (χ0) is 12.8. The molecule has 17 heavy (non-hydrogen) atoms. The van der Waals surface area contributed by atoms with Gasteiger partial charge in [0.05, 0.1) is 26.0 Å². The fourth-order valence-electron chi connectivity index (χ4n) is 1.43. The highest BCUT2D eigenvalue weighted by Gasteiger charge is 2.14. The number of nitriles is 1. The molecule has 4 heteroatoms. The summed E-state index contributed by atoms with van der Waals surface area (Å²) < 4.78 is 10.4. The smallest absolute Gasteiger partial charge is 0.145 e. The van der Waals surface area contributed by atoms with Gasteiger partial charge in [-0.2, -0.15) is 5.26 Å². The van der Waals surface area contributed by atoms with Crippen LogP contribution in [0.3, 0.4) is 0 Å². The van der Waals surface area contributed by atoms with Crippen LogP contribution in [0.15, 0.2) is 18.2 Å². The Hall–Kier alpha value is -1.89. The maximum Gasteiger partial charge on any atom is 0.145 e. The van der Waals surface area contributed by atoms with Crippen molar-refractivity contribution in [2.75, 3.05) is 19.5 Å². The molecular weight excluding hydrogens is 216 g/mol. The van der Waals surface area contributed by atoms with E-state index in [-0.39, 0.29) is 12.0 Å². The van der Waals surface area contributed by atoms with E-state index >= 15 is 0 Å².